The summed E-state index contributed by atoms with van der Waals surface area (Å²) in [6.07, 6.45) is 2.91. The molecule has 27 heavy (non-hydrogen) atoms. The molecule has 1 heterocycles. The van der Waals surface area contributed by atoms with Crippen molar-refractivity contribution in [2.45, 2.75) is 19.8 Å². The van der Waals surface area contributed by atoms with Crippen molar-refractivity contribution in [1.82, 2.24) is 0 Å². The van der Waals surface area contributed by atoms with Crippen LogP contribution in [-0.4, -0.2) is 31.6 Å². The molecule has 2 aromatic rings. The number of hydrogen-bond donors (Lipinski definition) is 0. The van der Waals surface area contributed by atoms with Gasteiger partial charge in [-0.1, -0.05) is 44.2 Å². The number of ketones is 1. The molecule has 5 heteroatoms. The fraction of sp³-hybridized carbons (Fsp3) is 0.273. The van der Waals surface area contributed by atoms with E-state index in [4.69, 9.17) is 14.2 Å². The third-order valence-electron chi connectivity index (χ3n) is 4.22. The molecule has 140 valence electrons. The van der Waals surface area contributed by atoms with Crippen molar-refractivity contribution in [1.29, 1.82) is 0 Å². The summed E-state index contributed by atoms with van der Waals surface area (Å²) in [4.78, 5) is 24.0. The molecule has 2 aromatic carbocycles. The third kappa shape index (κ3) is 4.97. The van der Waals surface area contributed by atoms with Crippen molar-refractivity contribution >= 4 is 17.8 Å². The average Bonchev–Trinajstić information content (AvgIpc) is 2.70. The lowest BCUT2D eigenvalue weighted by Crippen LogP contribution is -2.15. The standard InChI is InChI=1S/C22H22O5/c1-15(2)17-5-7-18(8-6-17)19(23)14-27-22(24)10-4-16-3-9-20-21(13-16)26-12-11-25-20/h3-10,13,15H,11-12,14H2,1-2H3/b10-4+. The third-order valence-corrected chi connectivity index (χ3v) is 4.22. The molecule has 0 fully saturated rings. The minimum atomic E-state index is -0.572. The normalized spacial score (nSPS) is 13.0. The molecule has 0 saturated carbocycles. The van der Waals surface area contributed by atoms with E-state index in [0.29, 0.717) is 36.2 Å². The van der Waals surface area contributed by atoms with E-state index in [0.717, 1.165) is 11.1 Å². The molecule has 3 rings (SSSR count). The Kier molecular flexibility index (Phi) is 5.91. The van der Waals surface area contributed by atoms with E-state index >= 15 is 0 Å². The molecule has 0 saturated heterocycles. The summed E-state index contributed by atoms with van der Waals surface area (Å²) in [6, 6.07) is 12.8. The predicted octanol–water partition coefficient (Wildman–Crippen LogP) is 4.02. The first-order valence-electron chi connectivity index (χ1n) is 8.90. The van der Waals surface area contributed by atoms with Crippen LogP contribution in [0.3, 0.4) is 0 Å². The summed E-state index contributed by atoms with van der Waals surface area (Å²) in [5.41, 5.74) is 2.47. The van der Waals surface area contributed by atoms with Gasteiger partial charge in [-0.15, -0.1) is 0 Å². The molecular weight excluding hydrogens is 344 g/mol. The second kappa shape index (κ2) is 8.54. The number of ether oxygens (including phenoxy) is 3. The van der Waals surface area contributed by atoms with Crippen LogP contribution in [0.15, 0.2) is 48.5 Å². The van der Waals surface area contributed by atoms with Crippen LogP contribution in [0.4, 0.5) is 0 Å². The van der Waals surface area contributed by atoms with Crippen molar-refractivity contribution < 1.29 is 23.8 Å². The topological polar surface area (TPSA) is 61.8 Å². The molecule has 0 unspecified atom stereocenters. The zero-order valence-electron chi connectivity index (χ0n) is 15.4. The summed E-state index contributed by atoms with van der Waals surface area (Å²) in [7, 11) is 0. The fourth-order valence-corrected chi connectivity index (χ4v) is 2.65. The van der Waals surface area contributed by atoms with Gasteiger partial charge >= 0.3 is 5.97 Å². The van der Waals surface area contributed by atoms with E-state index in [1.54, 1.807) is 30.3 Å². The molecule has 0 radical (unpaired) electrons. The number of rotatable bonds is 6. The molecule has 0 spiro atoms. The first kappa shape index (κ1) is 18.7. The summed E-state index contributed by atoms with van der Waals surface area (Å²) in [6.45, 7) is 4.93. The molecule has 1 aliphatic heterocycles. The molecule has 0 aliphatic carbocycles. The highest BCUT2D eigenvalue weighted by Gasteiger charge is 2.12. The maximum atomic E-state index is 12.1. The fourth-order valence-electron chi connectivity index (χ4n) is 2.65. The molecule has 0 N–H and O–H groups in total. The van der Waals surface area contributed by atoms with E-state index in [-0.39, 0.29) is 12.4 Å². The van der Waals surface area contributed by atoms with E-state index in [1.807, 2.05) is 18.2 Å². The van der Waals surface area contributed by atoms with Crippen LogP contribution in [-0.2, 0) is 9.53 Å². The Morgan fingerprint density at radius 1 is 1.04 bits per heavy atom. The van der Waals surface area contributed by atoms with Crippen LogP contribution in [0.1, 0.15) is 41.3 Å². The van der Waals surface area contributed by atoms with Gasteiger partial charge in [-0.3, -0.25) is 4.79 Å². The Bertz CT molecular complexity index is 850. The Balaban J connectivity index is 1.53. The second-order valence-electron chi connectivity index (χ2n) is 6.54. The average molecular weight is 366 g/mol. The van der Waals surface area contributed by atoms with Gasteiger partial charge in [-0.05, 0) is 35.3 Å². The van der Waals surface area contributed by atoms with Gasteiger partial charge in [0.2, 0.25) is 0 Å². The Hall–Kier alpha value is -3.08. The minimum Gasteiger partial charge on any atom is -0.486 e. The van der Waals surface area contributed by atoms with Crippen LogP contribution >= 0.6 is 0 Å². The number of benzene rings is 2. The van der Waals surface area contributed by atoms with Crippen LogP contribution in [0, 0.1) is 0 Å². The second-order valence-corrected chi connectivity index (χ2v) is 6.54. The highest BCUT2D eigenvalue weighted by molar-refractivity contribution is 5.98. The number of carbonyl (C=O) groups is 2. The smallest absolute Gasteiger partial charge is 0.331 e. The molecule has 0 amide bonds. The molecule has 0 bridgehead atoms. The van der Waals surface area contributed by atoms with Gasteiger partial charge < -0.3 is 14.2 Å². The number of hydrogen-bond acceptors (Lipinski definition) is 5. The first-order chi connectivity index (χ1) is 13.0. The summed E-state index contributed by atoms with van der Waals surface area (Å²) in [5, 5.41) is 0. The van der Waals surface area contributed by atoms with Crippen molar-refractivity contribution in [3.63, 3.8) is 0 Å². The number of Topliss-reactive ketones (excluding diaryl/α,β-unsaturated/α-hetero) is 1. The van der Waals surface area contributed by atoms with Crippen LogP contribution < -0.4 is 9.47 Å². The van der Waals surface area contributed by atoms with Crippen molar-refractivity contribution in [2.24, 2.45) is 0 Å². The van der Waals surface area contributed by atoms with Gasteiger partial charge in [0.05, 0.1) is 0 Å². The SMILES string of the molecule is CC(C)c1ccc(C(=O)COC(=O)/C=C/c2ccc3c(c2)OCCO3)cc1. The lowest BCUT2D eigenvalue weighted by Gasteiger charge is -2.18. The Morgan fingerprint density at radius 3 is 2.44 bits per heavy atom. The van der Waals surface area contributed by atoms with E-state index < -0.39 is 5.97 Å². The molecule has 5 nitrogen and oxygen atoms in total. The van der Waals surface area contributed by atoms with Crippen molar-refractivity contribution in [2.75, 3.05) is 19.8 Å². The van der Waals surface area contributed by atoms with Crippen LogP contribution in [0.2, 0.25) is 0 Å². The van der Waals surface area contributed by atoms with Crippen molar-refractivity contribution in [3.8, 4) is 11.5 Å². The first-order valence-corrected chi connectivity index (χ1v) is 8.90. The number of carbonyl (C=O) groups excluding carboxylic acids is 2. The predicted molar refractivity (Wildman–Crippen MR) is 102 cm³/mol. The van der Waals surface area contributed by atoms with E-state index in [1.165, 1.54) is 6.08 Å². The highest BCUT2D eigenvalue weighted by atomic mass is 16.6. The summed E-state index contributed by atoms with van der Waals surface area (Å²) < 4.78 is 16.0. The number of esters is 1. The van der Waals surface area contributed by atoms with Gasteiger partial charge in [0.25, 0.3) is 0 Å². The largest absolute Gasteiger partial charge is 0.486 e. The van der Waals surface area contributed by atoms with Gasteiger partial charge in [0.15, 0.2) is 23.9 Å². The zero-order valence-corrected chi connectivity index (χ0v) is 15.4. The van der Waals surface area contributed by atoms with E-state index in [9.17, 15) is 9.59 Å². The quantitative estimate of drug-likeness (QED) is 0.439. The van der Waals surface area contributed by atoms with Gasteiger partial charge in [0, 0.05) is 11.6 Å². The monoisotopic (exact) mass is 366 g/mol. The lowest BCUT2D eigenvalue weighted by molar-refractivity contribution is -0.136. The van der Waals surface area contributed by atoms with E-state index in [2.05, 4.69) is 13.8 Å². The van der Waals surface area contributed by atoms with Gasteiger partial charge in [-0.25, -0.2) is 4.79 Å². The minimum absolute atomic E-state index is 0.230. The zero-order chi connectivity index (χ0) is 19.2. The maximum Gasteiger partial charge on any atom is 0.331 e. The molecule has 0 aromatic heterocycles. The lowest BCUT2D eigenvalue weighted by atomic mass is 10.0. The molecular formula is C22H22O5. The number of fused-ring (bicyclic) bond motifs is 1. The maximum absolute atomic E-state index is 12.1. The summed E-state index contributed by atoms with van der Waals surface area (Å²) >= 11 is 0. The van der Waals surface area contributed by atoms with Gasteiger partial charge in [-0.2, -0.15) is 0 Å². The van der Waals surface area contributed by atoms with Crippen LogP contribution in [0.25, 0.3) is 6.08 Å². The van der Waals surface area contributed by atoms with Crippen molar-refractivity contribution in [3.05, 3.63) is 65.2 Å². The van der Waals surface area contributed by atoms with Crippen LogP contribution in [0.5, 0.6) is 11.5 Å². The highest BCUT2D eigenvalue weighted by Crippen LogP contribution is 2.31. The Morgan fingerprint density at radius 2 is 1.74 bits per heavy atom. The van der Waals surface area contributed by atoms with Gasteiger partial charge in [0.1, 0.15) is 13.2 Å². The summed E-state index contributed by atoms with van der Waals surface area (Å²) in [5.74, 6) is 0.938. The Labute approximate surface area is 158 Å². The molecule has 1 aliphatic rings. The molecule has 0 atom stereocenters.